The van der Waals surface area contributed by atoms with E-state index in [4.69, 9.17) is 23.2 Å². The highest BCUT2D eigenvalue weighted by Crippen LogP contribution is 2.37. The Morgan fingerprint density at radius 1 is 1.19 bits per heavy atom. The quantitative estimate of drug-likeness (QED) is 0.873. The lowest BCUT2D eigenvalue weighted by Crippen LogP contribution is -2.17. The predicted octanol–water partition coefficient (Wildman–Crippen LogP) is 4.11. The van der Waals surface area contributed by atoms with Gasteiger partial charge in [0.1, 0.15) is 5.82 Å². The standard InChI is InChI=1S/C15H14Cl2N2O2/c16-9-6-3-7-10(17)12(9)13-18-14(20)11(15(21)19-13)8-4-1-2-5-8/h3,6-8H,1-2,4-5H2,(H2,18,19,20,21). The predicted molar refractivity (Wildman–Crippen MR) is 83.2 cm³/mol. The van der Waals surface area contributed by atoms with Crippen molar-refractivity contribution in [2.24, 2.45) is 0 Å². The average molecular weight is 325 g/mol. The van der Waals surface area contributed by atoms with Gasteiger partial charge in [0.25, 0.3) is 5.56 Å². The molecular weight excluding hydrogens is 311 g/mol. The van der Waals surface area contributed by atoms with Crippen molar-refractivity contribution in [2.45, 2.75) is 31.6 Å². The number of H-pyrrole nitrogens is 1. The molecule has 0 bridgehead atoms. The van der Waals surface area contributed by atoms with Crippen LogP contribution in [-0.4, -0.2) is 15.1 Å². The molecular formula is C15H14Cl2N2O2. The second-order valence-electron chi connectivity index (χ2n) is 5.23. The van der Waals surface area contributed by atoms with Crippen LogP contribution in [0.3, 0.4) is 0 Å². The topological polar surface area (TPSA) is 66.0 Å². The minimum atomic E-state index is -0.319. The Bertz CT molecular complexity index is 717. The van der Waals surface area contributed by atoms with Gasteiger partial charge in [-0.3, -0.25) is 4.79 Å². The molecule has 1 aliphatic carbocycles. The molecule has 0 saturated heterocycles. The van der Waals surface area contributed by atoms with E-state index in [0.29, 0.717) is 21.2 Å². The van der Waals surface area contributed by atoms with Gasteiger partial charge in [-0.15, -0.1) is 0 Å². The Hall–Kier alpha value is -1.52. The summed E-state index contributed by atoms with van der Waals surface area (Å²) in [5.74, 6) is 0.0449. The van der Waals surface area contributed by atoms with E-state index >= 15 is 0 Å². The lowest BCUT2D eigenvalue weighted by molar-refractivity contribution is 0.436. The van der Waals surface area contributed by atoms with Gasteiger partial charge in [-0.2, -0.15) is 4.98 Å². The largest absolute Gasteiger partial charge is 0.493 e. The van der Waals surface area contributed by atoms with Crippen molar-refractivity contribution in [3.63, 3.8) is 0 Å². The summed E-state index contributed by atoms with van der Waals surface area (Å²) in [4.78, 5) is 19.1. The number of aromatic nitrogens is 2. The summed E-state index contributed by atoms with van der Waals surface area (Å²) in [6.45, 7) is 0. The van der Waals surface area contributed by atoms with Gasteiger partial charge in [-0.1, -0.05) is 42.1 Å². The van der Waals surface area contributed by atoms with Crippen LogP contribution in [0.25, 0.3) is 11.4 Å². The number of rotatable bonds is 2. The number of halogens is 2. The lowest BCUT2D eigenvalue weighted by Gasteiger charge is -2.12. The third kappa shape index (κ3) is 2.65. The molecule has 3 rings (SSSR count). The average Bonchev–Trinajstić information content (AvgIpc) is 2.91. The van der Waals surface area contributed by atoms with Crippen molar-refractivity contribution in [3.05, 3.63) is 44.2 Å². The summed E-state index contributed by atoms with van der Waals surface area (Å²) in [6.07, 6.45) is 3.96. The Morgan fingerprint density at radius 2 is 1.81 bits per heavy atom. The molecule has 1 aromatic heterocycles. The van der Waals surface area contributed by atoms with Gasteiger partial charge < -0.3 is 10.1 Å². The first kappa shape index (κ1) is 14.4. The van der Waals surface area contributed by atoms with Crippen molar-refractivity contribution in [1.29, 1.82) is 0 Å². The third-order valence-electron chi connectivity index (χ3n) is 3.90. The molecule has 1 saturated carbocycles. The van der Waals surface area contributed by atoms with Gasteiger partial charge >= 0.3 is 0 Å². The van der Waals surface area contributed by atoms with E-state index in [1.165, 1.54) is 0 Å². The maximum absolute atomic E-state index is 12.3. The molecule has 1 fully saturated rings. The molecule has 2 N–H and O–H groups in total. The Balaban J connectivity index is 2.12. The molecule has 6 heteroatoms. The summed E-state index contributed by atoms with van der Waals surface area (Å²) in [5.41, 5.74) is 0.478. The Labute approximate surface area is 131 Å². The van der Waals surface area contributed by atoms with Gasteiger partial charge in [-0.25, -0.2) is 0 Å². The Kier molecular flexibility index (Phi) is 3.91. The summed E-state index contributed by atoms with van der Waals surface area (Å²) in [7, 11) is 0. The van der Waals surface area contributed by atoms with Crippen molar-refractivity contribution in [1.82, 2.24) is 9.97 Å². The van der Waals surface area contributed by atoms with E-state index < -0.39 is 0 Å². The molecule has 0 unspecified atom stereocenters. The lowest BCUT2D eigenvalue weighted by atomic mass is 10.00. The van der Waals surface area contributed by atoms with Crippen LogP contribution in [0.1, 0.15) is 37.2 Å². The van der Waals surface area contributed by atoms with Crippen LogP contribution in [0.2, 0.25) is 10.0 Å². The number of nitrogens with zero attached hydrogens (tertiary/aromatic N) is 1. The van der Waals surface area contributed by atoms with Gasteiger partial charge in [0.2, 0.25) is 5.88 Å². The summed E-state index contributed by atoms with van der Waals surface area (Å²) in [6, 6.07) is 5.02. The van der Waals surface area contributed by atoms with Crippen LogP contribution in [0.5, 0.6) is 5.88 Å². The molecule has 1 aliphatic rings. The zero-order valence-electron chi connectivity index (χ0n) is 11.2. The molecule has 1 heterocycles. The first-order valence-electron chi connectivity index (χ1n) is 6.85. The van der Waals surface area contributed by atoms with Crippen molar-refractivity contribution in [2.75, 3.05) is 0 Å². The van der Waals surface area contributed by atoms with Crippen LogP contribution in [0, 0.1) is 0 Å². The number of nitrogens with one attached hydrogen (secondary N) is 1. The van der Waals surface area contributed by atoms with Crippen molar-refractivity contribution < 1.29 is 5.11 Å². The second-order valence-corrected chi connectivity index (χ2v) is 6.04. The van der Waals surface area contributed by atoms with Crippen molar-refractivity contribution in [3.8, 4) is 17.3 Å². The van der Waals surface area contributed by atoms with Crippen LogP contribution < -0.4 is 5.56 Å². The maximum Gasteiger partial charge on any atom is 0.258 e. The van der Waals surface area contributed by atoms with E-state index in [1.54, 1.807) is 18.2 Å². The fourth-order valence-corrected chi connectivity index (χ4v) is 3.47. The molecule has 0 aliphatic heterocycles. The molecule has 0 spiro atoms. The Morgan fingerprint density at radius 3 is 2.38 bits per heavy atom. The highest BCUT2D eigenvalue weighted by Gasteiger charge is 2.25. The maximum atomic E-state index is 12.3. The van der Waals surface area contributed by atoms with Gasteiger partial charge in [0.15, 0.2) is 0 Å². The SMILES string of the molecule is O=c1[nH]c(-c2c(Cl)cccc2Cl)nc(O)c1C1CCCC1. The normalized spacial score (nSPS) is 15.5. The van der Waals surface area contributed by atoms with E-state index in [-0.39, 0.29) is 23.2 Å². The molecule has 4 nitrogen and oxygen atoms in total. The molecule has 0 amide bonds. The number of aromatic hydroxyl groups is 1. The summed E-state index contributed by atoms with van der Waals surface area (Å²) >= 11 is 12.2. The molecule has 110 valence electrons. The van der Waals surface area contributed by atoms with Crippen LogP contribution >= 0.6 is 23.2 Å². The fourth-order valence-electron chi connectivity index (χ4n) is 2.90. The number of aromatic amines is 1. The second kappa shape index (κ2) is 5.70. The third-order valence-corrected chi connectivity index (χ3v) is 4.53. The first-order chi connectivity index (χ1) is 10.1. The minimum Gasteiger partial charge on any atom is -0.493 e. The number of benzene rings is 1. The highest BCUT2D eigenvalue weighted by atomic mass is 35.5. The van der Waals surface area contributed by atoms with E-state index in [2.05, 4.69) is 9.97 Å². The fraction of sp³-hybridized carbons (Fsp3) is 0.333. The molecule has 1 aromatic carbocycles. The highest BCUT2D eigenvalue weighted by molar-refractivity contribution is 6.38. The van der Waals surface area contributed by atoms with Crippen LogP contribution in [-0.2, 0) is 0 Å². The number of hydrogen-bond acceptors (Lipinski definition) is 3. The molecule has 2 aromatic rings. The minimum absolute atomic E-state index is 0.0806. The van der Waals surface area contributed by atoms with Crippen LogP contribution in [0.15, 0.2) is 23.0 Å². The zero-order chi connectivity index (χ0) is 15.0. The van der Waals surface area contributed by atoms with Gasteiger partial charge in [0, 0.05) is 0 Å². The molecule has 0 radical (unpaired) electrons. The smallest absolute Gasteiger partial charge is 0.258 e. The van der Waals surface area contributed by atoms with Crippen LogP contribution in [0.4, 0.5) is 0 Å². The van der Waals surface area contributed by atoms with E-state index in [1.807, 2.05) is 0 Å². The van der Waals surface area contributed by atoms with Gasteiger partial charge in [0.05, 0.1) is 21.2 Å². The summed E-state index contributed by atoms with van der Waals surface area (Å²) in [5, 5.41) is 10.9. The molecule has 0 atom stereocenters. The zero-order valence-corrected chi connectivity index (χ0v) is 12.7. The van der Waals surface area contributed by atoms with E-state index in [9.17, 15) is 9.90 Å². The molecule has 21 heavy (non-hydrogen) atoms. The number of hydrogen-bond donors (Lipinski definition) is 2. The summed E-state index contributed by atoms with van der Waals surface area (Å²) < 4.78 is 0. The first-order valence-corrected chi connectivity index (χ1v) is 7.61. The van der Waals surface area contributed by atoms with E-state index in [0.717, 1.165) is 25.7 Å². The van der Waals surface area contributed by atoms with Crippen molar-refractivity contribution >= 4 is 23.2 Å². The monoisotopic (exact) mass is 324 g/mol. The van der Waals surface area contributed by atoms with Gasteiger partial charge in [-0.05, 0) is 30.9 Å².